The van der Waals surface area contributed by atoms with Crippen molar-refractivity contribution < 1.29 is 9.13 Å². The van der Waals surface area contributed by atoms with Crippen molar-refractivity contribution >= 4 is 23.8 Å². The average molecular weight is 373 g/mol. The van der Waals surface area contributed by atoms with E-state index in [0.717, 1.165) is 23.1 Å². The molecular weight excluding hydrogens is 359 g/mol. The number of benzene rings is 1. The minimum absolute atomic E-state index is 0.0927. The van der Waals surface area contributed by atoms with Gasteiger partial charge in [0.1, 0.15) is 5.75 Å². The third-order valence-electron chi connectivity index (χ3n) is 3.14. The third-order valence-corrected chi connectivity index (χ3v) is 3.32. The molecule has 26 heavy (non-hydrogen) atoms. The van der Waals surface area contributed by atoms with Crippen molar-refractivity contribution in [2.45, 2.75) is 13.8 Å². The van der Waals surface area contributed by atoms with Crippen LogP contribution in [-0.4, -0.2) is 26.2 Å². The lowest BCUT2D eigenvalue weighted by Gasteiger charge is -2.05. The fraction of sp³-hybridized carbons (Fsp3) is 0.118. The number of nitrogens with one attached hydrogen (secondary N) is 1. The summed E-state index contributed by atoms with van der Waals surface area (Å²) in [6.45, 7) is 3.77. The quantitative estimate of drug-likeness (QED) is 0.415. The lowest BCUT2D eigenvalue weighted by Crippen LogP contribution is -1.99. The van der Waals surface area contributed by atoms with Gasteiger partial charge in [0.05, 0.1) is 12.4 Å². The highest BCUT2D eigenvalue weighted by Gasteiger charge is 2.08. The van der Waals surface area contributed by atoms with Gasteiger partial charge in [0.15, 0.2) is 0 Å². The number of anilines is 1. The normalized spacial score (nSPS) is 10.9. The summed E-state index contributed by atoms with van der Waals surface area (Å²) >= 11 is 5.63. The molecule has 3 aromatic rings. The lowest BCUT2D eigenvalue weighted by molar-refractivity contribution is 0.420. The van der Waals surface area contributed by atoms with Crippen LogP contribution in [0, 0.1) is 19.7 Å². The van der Waals surface area contributed by atoms with Gasteiger partial charge in [-0.05, 0) is 61.3 Å². The number of hydrogen-bond donors (Lipinski definition) is 1. The highest BCUT2D eigenvalue weighted by atomic mass is 35.5. The number of hydrazone groups is 1. The molecule has 7 nitrogen and oxygen atoms in total. The number of nitrogens with zero attached hydrogens (tertiary/aromatic N) is 5. The first-order chi connectivity index (χ1) is 12.5. The molecule has 9 heteroatoms. The second-order valence-electron chi connectivity index (χ2n) is 5.31. The number of hydrogen-bond acceptors (Lipinski definition) is 7. The highest BCUT2D eigenvalue weighted by molar-refractivity contribution is 6.28. The van der Waals surface area contributed by atoms with Crippen LogP contribution in [-0.2, 0) is 0 Å². The van der Waals surface area contributed by atoms with Crippen molar-refractivity contribution in [1.29, 1.82) is 0 Å². The molecule has 2 aromatic heterocycles. The summed E-state index contributed by atoms with van der Waals surface area (Å²) in [5.41, 5.74) is 5.29. The lowest BCUT2D eigenvalue weighted by atomic mass is 10.2. The van der Waals surface area contributed by atoms with Gasteiger partial charge in [0.25, 0.3) is 5.88 Å². The molecule has 1 aromatic carbocycles. The first kappa shape index (κ1) is 17.7. The minimum atomic E-state index is -0.697. The van der Waals surface area contributed by atoms with E-state index < -0.39 is 5.82 Å². The summed E-state index contributed by atoms with van der Waals surface area (Å²) in [6.07, 6.45) is 2.55. The van der Waals surface area contributed by atoms with Crippen molar-refractivity contribution in [3.8, 4) is 11.6 Å². The summed E-state index contributed by atoms with van der Waals surface area (Å²) in [7, 11) is 0. The van der Waals surface area contributed by atoms with Crippen molar-refractivity contribution in [1.82, 2.24) is 19.9 Å². The number of aromatic nitrogens is 4. The van der Waals surface area contributed by atoms with E-state index >= 15 is 0 Å². The molecule has 0 aliphatic carbocycles. The molecule has 0 radical (unpaired) electrons. The molecule has 132 valence electrons. The topological polar surface area (TPSA) is 85.2 Å². The molecule has 0 amide bonds. The van der Waals surface area contributed by atoms with E-state index in [1.54, 1.807) is 30.5 Å². The Balaban J connectivity index is 1.64. The van der Waals surface area contributed by atoms with Crippen LogP contribution in [0.15, 0.2) is 41.6 Å². The van der Waals surface area contributed by atoms with Gasteiger partial charge in [0, 0.05) is 11.4 Å². The summed E-state index contributed by atoms with van der Waals surface area (Å²) in [5, 5.41) is 4.00. The zero-order valence-electron chi connectivity index (χ0n) is 13.9. The van der Waals surface area contributed by atoms with Crippen molar-refractivity contribution in [3.63, 3.8) is 0 Å². The van der Waals surface area contributed by atoms with Crippen molar-refractivity contribution in [2.24, 2.45) is 5.10 Å². The van der Waals surface area contributed by atoms with Gasteiger partial charge in [0.2, 0.25) is 17.0 Å². The van der Waals surface area contributed by atoms with Crippen LogP contribution < -0.4 is 10.2 Å². The molecule has 2 heterocycles. The molecule has 0 atom stereocenters. The molecule has 0 spiro atoms. The van der Waals surface area contributed by atoms with E-state index in [9.17, 15) is 4.39 Å². The van der Waals surface area contributed by atoms with E-state index in [2.05, 4.69) is 30.5 Å². The van der Waals surface area contributed by atoms with Crippen molar-refractivity contribution in [3.05, 3.63) is 64.6 Å². The van der Waals surface area contributed by atoms with E-state index in [-0.39, 0.29) is 11.2 Å². The summed E-state index contributed by atoms with van der Waals surface area (Å²) in [5.74, 6) is -0.103. The molecule has 0 fully saturated rings. The number of aryl methyl sites for hydroxylation is 2. The van der Waals surface area contributed by atoms with Gasteiger partial charge in [-0.1, -0.05) is 0 Å². The molecule has 0 saturated carbocycles. The maximum atomic E-state index is 13.6. The predicted molar refractivity (Wildman–Crippen MR) is 96.2 cm³/mol. The molecule has 0 aliphatic rings. The molecular formula is C17H14ClFN6O. The Hall–Kier alpha value is -3.13. The van der Waals surface area contributed by atoms with E-state index in [4.69, 9.17) is 16.3 Å². The minimum Gasteiger partial charge on any atom is -0.436 e. The van der Waals surface area contributed by atoms with E-state index in [0.29, 0.717) is 11.7 Å². The van der Waals surface area contributed by atoms with E-state index in [1.807, 2.05) is 19.9 Å². The first-order valence-corrected chi connectivity index (χ1v) is 7.95. The fourth-order valence-corrected chi connectivity index (χ4v) is 2.20. The smallest absolute Gasteiger partial charge is 0.260 e. The molecule has 1 N–H and O–H groups in total. The number of rotatable bonds is 5. The summed E-state index contributed by atoms with van der Waals surface area (Å²) in [4.78, 5) is 15.7. The standard InChI is InChI=1S/C17H14ClFN6O/c1-10-7-11(2)23-17(22-10)25-21-8-12-3-5-13(6-4-12)26-15-14(19)9-20-16(18)24-15/h3-9H,1-2H3,(H,22,23,25)/b21-8-. The molecule has 0 aliphatic heterocycles. The van der Waals surface area contributed by atoms with Gasteiger partial charge in [-0.15, -0.1) is 0 Å². The van der Waals surface area contributed by atoms with Crippen molar-refractivity contribution in [2.75, 3.05) is 5.43 Å². The van der Waals surface area contributed by atoms with Gasteiger partial charge in [-0.25, -0.2) is 20.4 Å². The Morgan fingerprint density at radius 3 is 2.50 bits per heavy atom. The van der Waals surface area contributed by atoms with Crippen LogP contribution in [0.5, 0.6) is 11.6 Å². The van der Waals surface area contributed by atoms with Gasteiger partial charge in [-0.3, -0.25) is 0 Å². The molecule has 3 rings (SSSR count). The predicted octanol–water partition coefficient (Wildman–Crippen LogP) is 3.91. The van der Waals surface area contributed by atoms with Crippen LogP contribution in [0.25, 0.3) is 0 Å². The first-order valence-electron chi connectivity index (χ1n) is 7.57. The Labute approximate surface area is 154 Å². The molecule has 0 saturated heterocycles. The fourth-order valence-electron chi connectivity index (χ4n) is 2.08. The second kappa shape index (κ2) is 7.83. The van der Waals surface area contributed by atoms with Crippen LogP contribution in [0.4, 0.5) is 10.3 Å². The Morgan fingerprint density at radius 2 is 1.81 bits per heavy atom. The Morgan fingerprint density at radius 1 is 1.12 bits per heavy atom. The van der Waals surface area contributed by atoms with Crippen LogP contribution in [0.1, 0.15) is 17.0 Å². The van der Waals surface area contributed by atoms with Crippen LogP contribution >= 0.6 is 11.6 Å². The number of halogens is 2. The van der Waals surface area contributed by atoms with Gasteiger partial charge < -0.3 is 4.74 Å². The summed E-state index contributed by atoms with van der Waals surface area (Å²) < 4.78 is 18.9. The molecule has 0 bridgehead atoms. The zero-order chi connectivity index (χ0) is 18.5. The second-order valence-corrected chi connectivity index (χ2v) is 5.65. The van der Waals surface area contributed by atoms with Gasteiger partial charge >= 0.3 is 0 Å². The SMILES string of the molecule is Cc1cc(C)nc(N/N=C\c2ccc(Oc3nc(Cl)ncc3F)cc2)n1. The van der Waals surface area contributed by atoms with Crippen LogP contribution in [0.3, 0.4) is 0 Å². The Kier molecular flexibility index (Phi) is 5.33. The Bertz CT molecular complexity index is 928. The molecule has 0 unspecified atom stereocenters. The largest absolute Gasteiger partial charge is 0.436 e. The third kappa shape index (κ3) is 4.70. The zero-order valence-corrected chi connectivity index (χ0v) is 14.7. The maximum Gasteiger partial charge on any atom is 0.260 e. The van der Waals surface area contributed by atoms with Gasteiger partial charge in [-0.2, -0.15) is 14.5 Å². The monoisotopic (exact) mass is 372 g/mol. The summed E-state index contributed by atoms with van der Waals surface area (Å²) in [6, 6.07) is 8.70. The average Bonchev–Trinajstić information content (AvgIpc) is 2.59. The maximum absolute atomic E-state index is 13.6. The van der Waals surface area contributed by atoms with E-state index in [1.165, 1.54) is 0 Å². The number of ether oxygens (including phenoxy) is 1. The highest BCUT2D eigenvalue weighted by Crippen LogP contribution is 2.22. The van der Waals surface area contributed by atoms with Crippen LogP contribution in [0.2, 0.25) is 5.28 Å².